The highest BCUT2D eigenvalue weighted by molar-refractivity contribution is 5.70. The Bertz CT molecular complexity index is 946. The first-order valence-electron chi connectivity index (χ1n) is 22.8. The molecule has 0 unspecified atom stereocenters. The van der Waals surface area contributed by atoms with Gasteiger partial charge in [0.05, 0.1) is 6.61 Å². The minimum atomic E-state index is -0.810. The number of carbonyl (C=O) groups excluding carboxylic acids is 2. The molecule has 0 saturated heterocycles. The van der Waals surface area contributed by atoms with E-state index in [1.807, 2.05) is 0 Å². The molecular weight excluding hydrogens is 669 g/mol. The Hall–Kier alpha value is -2.40. The van der Waals surface area contributed by atoms with Crippen molar-refractivity contribution in [2.24, 2.45) is 0 Å². The summed E-state index contributed by atoms with van der Waals surface area (Å²) in [5, 5.41) is 9.58. The maximum absolute atomic E-state index is 12.2. The Balaban J connectivity index is 3.61. The second-order valence-electron chi connectivity index (χ2n) is 15.1. The smallest absolute Gasteiger partial charge is 0.306 e. The van der Waals surface area contributed by atoms with Gasteiger partial charge in [-0.05, 0) is 70.6 Å². The van der Waals surface area contributed by atoms with Gasteiger partial charge in [0.2, 0.25) is 0 Å². The quantitative estimate of drug-likeness (QED) is 0.0382. The zero-order valence-electron chi connectivity index (χ0n) is 35.5. The van der Waals surface area contributed by atoms with E-state index in [2.05, 4.69) is 74.6 Å². The van der Waals surface area contributed by atoms with E-state index in [1.165, 1.54) is 141 Å². The van der Waals surface area contributed by atoms with E-state index >= 15 is 0 Å². The molecule has 0 radical (unpaired) electrons. The molecule has 1 atom stereocenters. The molecule has 0 saturated carbocycles. The van der Waals surface area contributed by atoms with Crippen molar-refractivity contribution >= 4 is 11.9 Å². The van der Waals surface area contributed by atoms with Crippen molar-refractivity contribution in [3.63, 3.8) is 0 Å². The third-order valence-corrected chi connectivity index (χ3v) is 9.78. The van der Waals surface area contributed by atoms with E-state index in [4.69, 9.17) is 9.47 Å². The van der Waals surface area contributed by atoms with Crippen molar-refractivity contribution in [3.8, 4) is 0 Å². The van der Waals surface area contributed by atoms with E-state index in [1.54, 1.807) is 0 Å². The van der Waals surface area contributed by atoms with E-state index in [9.17, 15) is 14.7 Å². The highest BCUT2D eigenvalue weighted by Crippen LogP contribution is 2.15. The second-order valence-corrected chi connectivity index (χ2v) is 15.1. The molecule has 0 fully saturated rings. The normalized spacial score (nSPS) is 12.7. The minimum Gasteiger partial charge on any atom is -0.462 e. The van der Waals surface area contributed by atoms with Gasteiger partial charge in [-0.3, -0.25) is 9.59 Å². The molecule has 1 N–H and O–H groups in total. The SMILES string of the molecule is CCCCC/C=C/C/C=C/C/C=C/C/C=C/CCCC(=O)OC[C@H](CO)OC(=O)CCC/C=C/CCCCCCCCCCCCCCCCCCCC. The summed E-state index contributed by atoms with van der Waals surface area (Å²) in [5.74, 6) is -0.692. The summed E-state index contributed by atoms with van der Waals surface area (Å²) in [5.41, 5.74) is 0. The molecule has 0 bridgehead atoms. The number of unbranched alkanes of at least 4 members (excludes halogenated alkanes) is 23. The molecule has 5 heteroatoms. The lowest BCUT2D eigenvalue weighted by atomic mass is 10.0. The van der Waals surface area contributed by atoms with Crippen LogP contribution in [-0.4, -0.2) is 36.4 Å². The molecule has 0 aromatic rings. The molecule has 0 aromatic carbocycles. The Morgan fingerprint density at radius 3 is 1.17 bits per heavy atom. The summed E-state index contributed by atoms with van der Waals surface area (Å²) in [4.78, 5) is 24.3. The van der Waals surface area contributed by atoms with Gasteiger partial charge in [-0.2, -0.15) is 0 Å². The van der Waals surface area contributed by atoms with E-state index in [-0.39, 0.29) is 25.2 Å². The number of aliphatic hydroxyl groups is 1. The Kier molecular flexibility index (Phi) is 43.0. The van der Waals surface area contributed by atoms with Gasteiger partial charge in [0, 0.05) is 12.8 Å². The standard InChI is InChI=1S/C49H86O5/c1-3-5-7-9-11-13-15-17-19-21-22-23-24-25-26-28-30-32-34-36-38-40-42-44-49(52)54-47(45-50)46-53-48(51)43-41-39-37-35-33-31-29-27-20-18-16-14-12-10-8-6-4-2/h12,14,18,20,29,31,35-38,47,50H,3-11,13,15-17,19,21-28,30,32-34,39-46H2,1-2H3/b14-12+,20-18+,31-29+,37-35+,38-36+/t47-/m0/s1. The highest BCUT2D eigenvalue weighted by atomic mass is 16.6. The number of aliphatic hydroxyl groups excluding tert-OH is 1. The van der Waals surface area contributed by atoms with Gasteiger partial charge in [-0.1, -0.05) is 197 Å². The average Bonchev–Trinajstić information content (AvgIpc) is 3.17. The van der Waals surface area contributed by atoms with E-state index < -0.39 is 6.10 Å². The van der Waals surface area contributed by atoms with Crippen LogP contribution in [-0.2, 0) is 19.1 Å². The van der Waals surface area contributed by atoms with E-state index in [0.29, 0.717) is 25.7 Å². The predicted molar refractivity (Wildman–Crippen MR) is 233 cm³/mol. The highest BCUT2D eigenvalue weighted by Gasteiger charge is 2.15. The molecule has 0 rings (SSSR count). The van der Waals surface area contributed by atoms with Crippen LogP contribution >= 0.6 is 0 Å². The molecule has 0 amide bonds. The summed E-state index contributed by atoms with van der Waals surface area (Å²) in [6.07, 6.45) is 58.9. The first-order chi connectivity index (χ1) is 26.6. The lowest BCUT2D eigenvalue weighted by Gasteiger charge is -2.15. The van der Waals surface area contributed by atoms with Gasteiger partial charge in [0.1, 0.15) is 6.61 Å². The summed E-state index contributed by atoms with van der Waals surface area (Å²) >= 11 is 0. The number of allylic oxidation sites excluding steroid dienone is 10. The summed E-state index contributed by atoms with van der Waals surface area (Å²) in [6, 6.07) is 0. The lowest BCUT2D eigenvalue weighted by Crippen LogP contribution is -2.28. The predicted octanol–water partition coefficient (Wildman–Crippen LogP) is 14.7. The molecule has 0 aliphatic rings. The van der Waals surface area contributed by atoms with Crippen LogP contribution in [0.2, 0.25) is 0 Å². The average molecular weight is 755 g/mol. The molecule has 54 heavy (non-hydrogen) atoms. The molecule has 0 aliphatic heterocycles. The Morgan fingerprint density at radius 1 is 0.426 bits per heavy atom. The monoisotopic (exact) mass is 755 g/mol. The number of carbonyl (C=O) groups is 2. The molecule has 5 nitrogen and oxygen atoms in total. The molecular formula is C49H86O5. The summed E-state index contributed by atoms with van der Waals surface area (Å²) < 4.78 is 10.6. The molecule has 0 aromatic heterocycles. The van der Waals surface area contributed by atoms with Gasteiger partial charge >= 0.3 is 11.9 Å². The third kappa shape index (κ3) is 42.3. The van der Waals surface area contributed by atoms with Crippen LogP contribution in [0, 0.1) is 0 Å². The fourth-order valence-corrected chi connectivity index (χ4v) is 6.32. The Morgan fingerprint density at radius 2 is 0.741 bits per heavy atom. The van der Waals surface area contributed by atoms with Crippen molar-refractivity contribution in [3.05, 3.63) is 60.8 Å². The van der Waals surface area contributed by atoms with Gasteiger partial charge in [-0.25, -0.2) is 0 Å². The first-order valence-corrected chi connectivity index (χ1v) is 22.8. The van der Waals surface area contributed by atoms with Crippen LogP contribution in [0.3, 0.4) is 0 Å². The number of ether oxygens (including phenoxy) is 2. The molecule has 0 heterocycles. The van der Waals surface area contributed by atoms with Crippen LogP contribution in [0.15, 0.2) is 60.8 Å². The van der Waals surface area contributed by atoms with Crippen molar-refractivity contribution in [2.45, 2.75) is 225 Å². The van der Waals surface area contributed by atoms with Crippen LogP contribution in [0.25, 0.3) is 0 Å². The largest absolute Gasteiger partial charge is 0.462 e. The van der Waals surface area contributed by atoms with Crippen molar-refractivity contribution in [2.75, 3.05) is 13.2 Å². The fraction of sp³-hybridized carbons (Fsp3) is 0.755. The van der Waals surface area contributed by atoms with Crippen molar-refractivity contribution in [1.82, 2.24) is 0 Å². The third-order valence-electron chi connectivity index (χ3n) is 9.78. The van der Waals surface area contributed by atoms with Gasteiger partial charge < -0.3 is 14.6 Å². The van der Waals surface area contributed by atoms with Crippen LogP contribution < -0.4 is 0 Å². The number of hydrogen-bond donors (Lipinski definition) is 1. The lowest BCUT2D eigenvalue weighted by molar-refractivity contribution is -0.161. The van der Waals surface area contributed by atoms with Gasteiger partial charge in [-0.15, -0.1) is 0 Å². The maximum Gasteiger partial charge on any atom is 0.306 e. The van der Waals surface area contributed by atoms with Crippen LogP contribution in [0.1, 0.15) is 219 Å². The summed E-state index contributed by atoms with van der Waals surface area (Å²) in [7, 11) is 0. The van der Waals surface area contributed by atoms with Crippen molar-refractivity contribution < 1.29 is 24.2 Å². The first kappa shape index (κ1) is 51.6. The molecule has 0 spiro atoms. The van der Waals surface area contributed by atoms with Crippen LogP contribution in [0.5, 0.6) is 0 Å². The minimum absolute atomic E-state index is 0.106. The molecule has 0 aliphatic carbocycles. The Labute approximate surface area is 334 Å². The number of rotatable bonds is 41. The topological polar surface area (TPSA) is 72.8 Å². The number of hydrogen-bond acceptors (Lipinski definition) is 5. The van der Waals surface area contributed by atoms with Crippen molar-refractivity contribution in [1.29, 1.82) is 0 Å². The number of esters is 2. The summed E-state index contributed by atoms with van der Waals surface area (Å²) in [6.45, 7) is 4.05. The van der Waals surface area contributed by atoms with Crippen LogP contribution in [0.4, 0.5) is 0 Å². The van der Waals surface area contributed by atoms with E-state index in [0.717, 1.165) is 38.5 Å². The fourth-order valence-electron chi connectivity index (χ4n) is 6.32. The maximum atomic E-state index is 12.2. The van der Waals surface area contributed by atoms with Gasteiger partial charge in [0.25, 0.3) is 0 Å². The zero-order chi connectivity index (χ0) is 39.3. The molecule has 312 valence electrons. The zero-order valence-corrected chi connectivity index (χ0v) is 35.5. The van der Waals surface area contributed by atoms with Gasteiger partial charge in [0.15, 0.2) is 6.10 Å². The second kappa shape index (κ2) is 45.0.